The summed E-state index contributed by atoms with van der Waals surface area (Å²) in [5.74, 6) is 0.454. The van der Waals surface area contributed by atoms with Crippen LogP contribution in [0, 0.1) is 5.92 Å². The number of esters is 1. The molecule has 0 N–H and O–H groups in total. The number of carbonyl (C=O) groups excluding carboxylic acids is 1. The number of rotatable bonds is 11. The van der Waals surface area contributed by atoms with E-state index in [1.54, 1.807) is 19.4 Å². The first kappa shape index (κ1) is 26.9. The minimum absolute atomic E-state index is 0.169. The first-order valence-corrected chi connectivity index (χ1v) is 12.2. The molecule has 0 spiro atoms. The fourth-order valence-corrected chi connectivity index (χ4v) is 4.43. The molecule has 7 heteroatoms. The van der Waals surface area contributed by atoms with Crippen LogP contribution in [0.25, 0.3) is 11.1 Å². The first-order chi connectivity index (χ1) is 17.5. The second kappa shape index (κ2) is 12.8. The zero-order valence-electron chi connectivity index (χ0n) is 21.7. The predicted octanol–water partition coefficient (Wildman–Crippen LogP) is 5.15. The third-order valence-corrected chi connectivity index (χ3v) is 6.18. The second-order valence-corrected chi connectivity index (χ2v) is 8.49. The monoisotopic (exact) mass is 488 g/mol. The summed E-state index contributed by atoms with van der Waals surface area (Å²) in [6, 6.07) is 0. The van der Waals surface area contributed by atoms with E-state index in [0.29, 0.717) is 32.1 Å². The number of nitrogens with zero attached hydrogens (tertiary/aromatic N) is 4. The van der Waals surface area contributed by atoms with Gasteiger partial charge in [-0.1, -0.05) is 61.8 Å². The average molecular weight is 489 g/mol. The van der Waals surface area contributed by atoms with Gasteiger partial charge >= 0.3 is 5.97 Å². The Balaban J connectivity index is 2.07. The van der Waals surface area contributed by atoms with E-state index in [2.05, 4.69) is 23.0 Å². The Labute approximate surface area is 213 Å². The molecule has 1 aliphatic heterocycles. The van der Waals surface area contributed by atoms with E-state index in [1.165, 1.54) is 0 Å². The number of carbonyl (C=O) groups is 1. The van der Waals surface area contributed by atoms with Crippen LogP contribution < -0.4 is 4.74 Å². The molecule has 7 nitrogen and oxygen atoms in total. The smallest absolute Gasteiger partial charge is 0.310 e. The van der Waals surface area contributed by atoms with Crippen LogP contribution in [0.15, 0.2) is 79.7 Å². The van der Waals surface area contributed by atoms with Crippen molar-refractivity contribution in [3.05, 3.63) is 91.3 Å². The number of aromatic nitrogens is 3. The van der Waals surface area contributed by atoms with Crippen molar-refractivity contribution in [2.75, 3.05) is 33.4 Å². The van der Waals surface area contributed by atoms with Gasteiger partial charge in [0.1, 0.15) is 11.3 Å². The summed E-state index contributed by atoms with van der Waals surface area (Å²) in [6.45, 7) is 15.9. The highest BCUT2D eigenvalue weighted by molar-refractivity contribution is 5.75. The largest absolute Gasteiger partial charge is 0.479 e. The molecular formula is C29H36N4O3. The number of fused-ring (bicyclic) bond motifs is 1. The summed E-state index contributed by atoms with van der Waals surface area (Å²) in [5, 5.41) is 0. The third kappa shape index (κ3) is 5.91. The molecule has 2 aromatic heterocycles. The number of methoxy groups -OCH3 is 1. The molecule has 2 aromatic rings. The molecule has 1 aliphatic rings. The zero-order valence-corrected chi connectivity index (χ0v) is 21.7. The van der Waals surface area contributed by atoms with Crippen molar-refractivity contribution >= 4 is 17.1 Å². The Kier molecular flexibility index (Phi) is 9.59. The van der Waals surface area contributed by atoms with Crippen molar-refractivity contribution in [1.82, 2.24) is 19.3 Å². The Bertz CT molecular complexity index is 1220. The van der Waals surface area contributed by atoms with E-state index in [4.69, 9.17) is 14.5 Å². The Morgan fingerprint density at radius 2 is 1.92 bits per heavy atom. The summed E-state index contributed by atoms with van der Waals surface area (Å²) in [4.78, 5) is 24.7. The lowest BCUT2D eigenvalue weighted by atomic mass is 9.93. The molecule has 0 saturated carbocycles. The highest BCUT2D eigenvalue weighted by atomic mass is 16.5. The fraction of sp³-hybridized carbons (Fsp3) is 0.345. The zero-order chi connectivity index (χ0) is 26.1. The molecule has 0 radical (unpaired) electrons. The highest BCUT2D eigenvalue weighted by Gasteiger charge is 2.41. The molecule has 0 bridgehead atoms. The highest BCUT2D eigenvalue weighted by Crippen LogP contribution is 2.35. The van der Waals surface area contributed by atoms with Gasteiger partial charge in [-0.25, -0.2) is 9.97 Å². The summed E-state index contributed by atoms with van der Waals surface area (Å²) in [5.41, 5.74) is 3.45. The van der Waals surface area contributed by atoms with Crippen LogP contribution in [0.1, 0.15) is 38.2 Å². The van der Waals surface area contributed by atoms with Crippen molar-refractivity contribution in [2.45, 2.75) is 26.7 Å². The van der Waals surface area contributed by atoms with Gasteiger partial charge in [-0.2, -0.15) is 0 Å². The summed E-state index contributed by atoms with van der Waals surface area (Å²) < 4.78 is 13.1. The minimum Gasteiger partial charge on any atom is -0.479 e. The molecule has 3 heterocycles. The van der Waals surface area contributed by atoms with Crippen LogP contribution in [0.2, 0.25) is 0 Å². The maximum absolute atomic E-state index is 13.0. The van der Waals surface area contributed by atoms with Crippen LogP contribution in [-0.4, -0.2) is 58.6 Å². The van der Waals surface area contributed by atoms with Gasteiger partial charge in [-0.05, 0) is 26.3 Å². The topological polar surface area (TPSA) is 69.0 Å². The van der Waals surface area contributed by atoms with E-state index in [0.717, 1.165) is 28.2 Å². The van der Waals surface area contributed by atoms with E-state index in [1.807, 2.05) is 73.9 Å². The van der Waals surface area contributed by atoms with Crippen LogP contribution in [0.3, 0.4) is 0 Å². The van der Waals surface area contributed by atoms with Crippen LogP contribution in [0.5, 0.6) is 5.88 Å². The summed E-state index contributed by atoms with van der Waals surface area (Å²) in [6.07, 6.45) is 19.2. The van der Waals surface area contributed by atoms with Crippen molar-refractivity contribution < 1.29 is 14.3 Å². The maximum atomic E-state index is 13.0. The molecule has 1 saturated heterocycles. The van der Waals surface area contributed by atoms with Crippen LogP contribution in [0.4, 0.5) is 0 Å². The molecule has 36 heavy (non-hydrogen) atoms. The molecule has 2 atom stereocenters. The van der Waals surface area contributed by atoms with Crippen LogP contribution >= 0.6 is 0 Å². The van der Waals surface area contributed by atoms with Crippen molar-refractivity contribution in [3.63, 3.8) is 0 Å². The lowest BCUT2D eigenvalue weighted by Gasteiger charge is -2.18. The second-order valence-electron chi connectivity index (χ2n) is 8.49. The summed E-state index contributed by atoms with van der Waals surface area (Å²) >= 11 is 0. The van der Waals surface area contributed by atoms with Crippen molar-refractivity contribution in [1.29, 1.82) is 0 Å². The van der Waals surface area contributed by atoms with Gasteiger partial charge < -0.3 is 9.47 Å². The molecule has 190 valence electrons. The first-order valence-electron chi connectivity index (χ1n) is 12.2. The standard InChI is InChI=1S/C29H36N4O3/c1-7-12-14-21(9-3)17-32-18-23(24(19-32)29(34)36-11-5)25-20-33-26(28(31-25)35-6)16-30-27(33)22(10-4)15-13-8-2/h7-10,12-16,20,23-24H,3-4,11,17-19H2,1-2,5-6H3/b12-7-,13-8-,21-14+,22-15+. The maximum Gasteiger partial charge on any atom is 0.310 e. The Hall–Kier alpha value is -3.71. The van der Waals surface area contributed by atoms with E-state index in [-0.39, 0.29) is 17.8 Å². The fourth-order valence-electron chi connectivity index (χ4n) is 4.43. The van der Waals surface area contributed by atoms with Crippen molar-refractivity contribution in [2.24, 2.45) is 5.92 Å². The number of ether oxygens (including phenoxy) is 2. The van der Waals surface area contributed by atoms with Gasteiger partial charge in [0.05, 0.1) is 31.5 Å². The van der Waals surface area contributed by atoms with E-state index >= 15 is 0 Å². The average Bonchev–Trinajstić information content (AvgIpc) is 3.51. The molecular weight excluding hydrogens is 452 g/mol. The predicted molar refractivity (Wildman–Crippen MR) is 145 cm³/mol. The molecule has 2 unspecified atom stereocenters. The number of likely N-dealkylation sites (tertiary alicyclic amines) is 1. The van der Waals surface area contributed by atoms with Gasteiger partial charge in [-0.15, -0.1) is 0 Å². The van der Waals surface area contributed by atoms with Gasteiger partial charge in [0.2, 0.25) is 5.88 Å². The molecule has 0 aromatic carbocycles. The quantitative estimate of drug-likeness (QED) is 0.322. The van der Waals surface area contributed by atoms with Gasteiger partial charge in [0, 0.05) is 37.3 Å². The normalized spacial score (nSPS) is 19.4. The van der Waals surface area contributed by atoms with Crippen LogP contribution in [-0.2, 0) is 9.53 Å². The van der Waals surface area contributed by atoms with E-state index in [9.17, 15) is 4.79 Å². The Morgan fingerprint density at radius 3 is 2.56 bits per heavy atom. The van der Waals surface area contributed by atoms with E-state index < -0.39 is 0 Å². The SMILES string of the molecule is C=C/C(=C\C=C/C)CN1CC(C(=O)OCC)C(c2cn3c(/C(C=C)=C/C=C\C)ncc3c(OC)n2)C1. The Morgan fingerprint density at radius 1 is 1.17 bits per heavy atom. The summed E-state index contributed by atoms with van der Waals surface area (Å²) in [7, 11) is 1.59. The molecule has 0 aliphatic carbocycles. The van der Waals surface area contributed by atoms with Gasteiger partial charge in [-0.3, -0.25) is 14.1 Å². The van der Waals surface area contributed by atoms with Gasteiger partial charge in [0.25, 0.3) is 0 Å². The number of allylic oxidation sites excluding steroid dienone is 8. The molecule has 0 amide bonds. The minimum atomic E-state index is -0.350. The lowest BCUT2D eigenvalue weighted by molar-refractivity contribution is -0.148. The lowest BCUT2D eigenvalue weighted by Crippen LogP contribution is -2.26. The number of imidazole rings is 1. The molecule has 3 rings (SSSR count). The third-order valence-electron chi connectivity index (χ3n) is 6.18. The van der Waals surface area contributed by atoms with Crippen molar-refractivity contribution in [3.8, 4) is 5.88 Å². The number of hydrogen-bond donors (Lipinski definition) is 0. The molecule has 1 fully saturated rings. The number of hydrogen-bond acceptors (Lipinski definition) is 6. The van der Waals surface area contributed by atoms with Gasteiger partial charge in [0.15, 0.2) is 0 Å².